The molecule has 2 rings (SSSR count). The molecule has 90 valence electrons. The average molecular weight is 233 g/mol. The Morgan fingerprint density at radius 1 is 1.41 bits per heavy atom. The number of rotatable bonds is 3. The van der Waals surface area contributed by atoms with E-state index in [1.165, 1.54) is 6.07 Å². The number of nitrogens with zero attached hydrogens (tertiary/aromatic N) is 2. The lowest BCUT2D eigenvalue weighted by atomic mass is 10.0. The number of aromatic nitrogens is 2. The minimum absolute atomic E-state index is 0.178. The molecular weight excluding hydrogens is 217 g/mol. The van der Waals surface area contributed by atoms with Crippen molar-refractivity contribution in [3.63, 3.8) is 0 Å². The molecule has 0 saturated heterocycles. The first-order chi connectivity index (χ1) is 8.13. The SMILES string of the molecule is CNC(c1cc(C)ccc1F)c1cncn1C. The van der Waals surface area contributed by atoms with Crippen LogP contribution in [0.1, 0.15) is 22.9 Å². The number of nitrogens with one attached hydrogen (secondary N) is 1. The maximum absolute atomic E-state index is 13.9. The van der Waals surface area contributed by atoms with Gasteiger partial charge in [0.2, 0.25) is 0 Å². The summed E-state index contributed by atoms with van der Waals surface area (Å²) >= 11 is 0. The highest BCUT2D eigenvalue weighted by molar-refractivity contribution is 5.32. The van der Waals surface area contributed by atoms with Gasteiger partial charge >= 0.3 is 0 Å². The quantitative estimate of drug-likeness (QED) is 0.880. The van der Waals surface area contributed by atoms with Crippen molar-refractivity contribution in [3.8, 4) is 0 Å². The summed E-state index contributed by atoms with van der Waals surface area (Å²) in [6, 6.07) is 4.96. The molecule has 0 spiro atoms. The van der Waals surface area contributed by atoms with E-state index in [1.807, 2.05) is 31.7 Å². The van der Waals surface area contributed by atoms with E-state index in [1.54, 1.807) is 18.6 Å². The molecule has 2 aromatic rings. The van der Waals surface area contributed by atoms with Gasteiger partial charge in [-0.25, -0.2) is 9.37 Å². The van der Waals surface area contributed by atoms with Crippen LogP contribution in [0.5, 0.6) is 0 Å². The Labute approximate surface area is 100 Å². The van der Waals surface area contributed by atoms with Crippen LogP contribution >= 0.6 is 0 Å². The van der Waals surface area contributed by atoms with Crippen LogP contribution in [-0.2, 0) is 7.05 Å². The Hall–Kier alpha value is -1.68. The molecule has 0 saturated carbocycles. The van der Waals surface area contributed by atoms with E-state index in [0.29, 0.717) is 5.56 Å². The Morgan fingerprint density at radius 3 is 2.76 bits per heavy atom. The molecule has 1 N–H and O–H groups in total. The number of hydrogen-bond acceptors (Lipinski definition) is 2. The molecule has 0 aliphatic rings. The molecular formula is C13H16FN3. The highest BCUT2D eigenvalue weighted by Gasteiger charge is 2.18. The normalized spacial score (nSPS) is 12.7. The summed E-state index contributed by atoms with van der Waals surface area (Å²) in [5, 5.41) is 3.13. The predicted octanol–water partition coefficient (Wildman–Crippen LogP) is 2.18. The summed E-state index contributed by atoms with van der Waals surface area (Å²) < 4.78 is 15.8. The first kappa shape index (κ1) is 11.8. The van der Waals surface area contributed by atoms with E-state index in [-0.39, 0.29) is 11.9 Å². The van der Waals surface area contributed by atoms with Crippen LogP contribution in [-0.4, -0.2) is 16.6 Å². The predicted molar refractivity (Wildman–Crippen MR) is 65.2 cm³/mol. The van der Waals surface area contributed by atoms with Crippen molar-refractivity contribution in [1.82, 2.24) is 14.9 Å². The van der Waals surface area contributed by atoms with Crippen molar-refractivity contribution < 1.29 is 4.39 Å². The first-order valence-electron chi connectivity index (χ1n) is 5.53. The van der Waals surface area contributed by atoms with Crippen molar-refractivity contribution in [2.24, 2.45) is 7.05 Å². The number of imidazole rings is 1. The van der Waals surface area contributed by atoms with Crippen LogP contribution in [0.4, 0.5) is 4.39 Å². The molecule has 0 aliphatic heterocycles. The Morgan fingerprint density at radius 2 is 2.18 bits per heavy atom. The van der Waals surface area contributed by atoms with E-state index < -0.39 is 0 Å². The van der Waals surface area contributed by atoms with Gasteiger partial charge in [0.05, 0.1) is 24.3 Å². The van der Waals surface area contributed by atoms with Crippen LogP contribution in [0.3, 0.4) is 0 Å². The molecule has 17 heavy (non-hydrogen) atoms. The third kappa shape index (κ3) is 2.22. The average Bonchev–Trinajstić information content (AvgIpc) is 2.71. The van der Waals surface area contributed by atoms with Crippen molar-refractivity contribution in [2.75, 3.05) is 7.05 Å². The second-order valence-corrected chi connectivity index (χ2v) is 4.18. The van der Waals surface area contributed by atoms with E-state index in [2.05, 4.69) is 10.3 Å². The van der Waals surface area contributed by atoms with E-state index in [4.69, 9.17) is 0 Å². The van der Waals surface area contributed by atoms with Gasteiger partial charge in [-0.15, -0.1) is 0 Å². The fourth-order valence-electron chi connectivity index (χ4n) is 1.99. The molecule has 0 bridgehead atoms. The summed E-state index contributed by atoms with van der Waals surface area (Å²) in [6.45, 7) is 1.96. The molecule has 1 aromatic heterocycles. The summed E-state index contributed by atoms with van der Waals surface area (Å²) in [5.74, 6) is -0.198. The van der Waals surface area contributed by atoms with Crippen molar-refractivity contribution in [2.45, 2.75) is 13.0 Å². The molecule has 1 aromatic carbocycles. The number of halogens is 1. The van der Waals surface area contributed by atoms with Crippen LogP contribution in [0.2, 0.25) is 0 Å². The molecule has 0 amide bonds. The molecule has 3 nitrogen and oxygen atoms in total. The zero-order chi connectivity index (χ0) is 12.4. The van der Waals surface area contributed by atoms with Gasteiger partial charge in [0.15, 0.2) is 0 Å². The summed E-state index contributed by atoms with van der Waals surface area (Å²) in [7, 11) is 3.72. The van der Waals surface area contributed by atoms with Gasteiger partial charge in [0, 0.05) is 12.6 Å². The third-order valence-electron chi connectivity index (χ3n) is 2.90. The first-order valence-corrected chi connectivity index (χ1v) is 5.53. The number of hydrogen-bond donors (Lipinski definition) is 1. The van der Waals surface area contributed by atoms with Crippen LogP contribution in [0.15, 0.2) is 30.7 Å². The fourth-order valence-corrected chi connectivity index (χ4v) is 1.99. The smallest absolute Gasteiger partial charge is 0.128 e. The zero-order valence-corrected chi connectivity index (χ0v) is 10.2. The molecule has 0 aliphatic carbocycles. The molecule has 1 unspecified atom stereocenters. The van der Waals surface area contributed by atoms with Gasteiger partial charge in [-0.1, -0.05) is 17.7 Å². The lowest BCUT2D eigenvalue weighted by molar-refractivity contribution is 0.561. The summed E-state index contributed by atoms with van der Waals surface area (Å²) in [5.41, 5.74) is 2.64. The lowest BCUT2D eigenvalue weighted by Crippen LogP contribution is -2.21. The highest BCUT2D eigenvalue weighted by atomic mass is 19.1. The standard InChI is InChI=1S/C13H16FN3/c1-9-4-5-11(14)10(6-9)13(15-2)12-7-16-8-17(12)3/h4-8,13,15H,1-3H3. The van der Waals surface area contributed by atoms with E-state index in [0.717, 1.165) is 11.3 Å². The van der Waals surface area contributed by atoms with E-state index in [9.17, 15) is 4.39 Å². The highest BCUT2D eigenvalue weighted by Crippen LogP contribution is 2.24. The van der Waals surface area contributed by atoms with Crippen LogP contribution < -0.4 is 5.32 Å². The van der Waals surface area contributed by atoms with Crippen LogP contribution in [0, 0.1) is 12.7 Å². The number of aryl methyl sites for hydroxylation is 2. The monoisotopic (exact) mass is 233 g/mol. The topological polar surface area (TPSA) is 29.9 Å². The summed E-state index contributed by atoms with van der Waals surface area (Å²) in [6.07, 6.45) is 3.47. The molecule has 0 fully saturated rings. The third-order valence-corrected chi connectivity index (χ3v) is 2.90. The van der Waals surface area contributed by atoms with Crippen LogP contribution in [0.25, 0.3) is 0 Å². The van der Waals surface area contributed by atoms with Gasteiger partial charge < -0.3 is 9.88 Å². The molecule has 1 atom stereocenters. The molecule has 0 radical (unpaired) electrons. The summed E-state index contributed by atoms with van der Waals surface area (Å²) in [4.78, 5) is 4.07. The van der Waals surface area contributed by atoms with Gasteiger partial charge in [-0.2, -0.15) is 0 Å². The molecule has 1 heterocycles. The maximum atomic E-state index is 13.9. The van der Waals surface area contributed by atoms with Crippen molar-refractivity contribution >= 4 is 0 Å². The minimum atomic E-state index is -0.198. The Bertz CT molecular complexity index is 519. The number of benzene rings is 1. The Kier molecular flexibility index (Phi) is 3.24. The second-order valence-electron chi connectivity index (χ2n) is 4.18. The van der Waals surface area contributed by atoms with Gasteiger partial charge in [-0.3, -0.25) is 0 Å². The minimum Gasteiger partial charge on any atom is -0.336 e. The van der Waals surface area contributed by atoms with Gasteiger partial charge in [0.25, 0.3) is 0 Å². The lowest BCUT2D eigenvalue weighted by Gasteiger charge is -2.18. The maximum Gasteiger partial charge on any atom is 0.128 e. The zero-order valence-electron chi connectivity index (χ0n) is 10.2. The van der Waals surface area contributed by atoms with Gasteiger partial charge in [0.1, 0.15) is 5.82 Å². The largest absolute Gasteiger partial charge is 0.336 e. The van der Waals surface area contributed by atoms with E-state index >= 15 is 0 Å². The molecule has 4 heteroatoms. The fraction of sp³-hybridized carbons (Fsp3) is 0.308. The van der Waals surface area contributed by atoms with Gasteiger partial charge in [-0.05, 0) is 20.0 Å². The second kappa shape index (κ2) is 4.67. The van der Waals surface area contributed by atoms with Crippen molar-refractivity contribution in [3.05, 3.63) is 53.4 Å². The van der Waals surface area contributed by atoms with Crippen molar-refractivity contribution in [1.29, 1.82) is 0 Å². The Balaban J connectivity index is 2.49.